The first-order valence-electron chi connectivity index (χ1n) is 5.79. The van der Waals surface area contributed by atoms with E-state index in [0.717, 1.165) is 17.7 Å². The number of hydrogen-bond donors (Lipinski definition) is 2. The van der Waals surface area contributed by atoms with E-state index in [2.05, 4.69) is 20.7 Å². The molecule has 3 N–H and O–H groups in total. The van der Waals surface area contributed by atoms with Crippen LogP contribution in [0.15, 0.2) is 45.8 Å². The lowest BCUT2D eigenvalue weighted by molar-refractivity contribution is 0.600. The zero-order chi connectivity index (χ0) is 15.6. The number of benzene rings is 2. The molecule has 0 fully saturated rings. The Kier molecular flexibility index (Phi) is 4.88. The molecule has 0 unspecified atom stereocenters. The van der Waals surface area contributed by atoms with Crippen LogP contribution in [0.3, 0.4) is 0 Å². The Labute approximate surface area is 135 Å². The molecule has 0 saturated heterocycles. The lowest BCUT2D eigenvalue weighted by Crippen LogP contribution is -2.14. The lowest BCUT2D eigenvalue weighted by Gasteiger charge is -2.11. The van der Waals surface area contributed by atoms with Crippen LogP contribution in [0.1, 0.15) is 5.56 Å². The van der Waals surface area contributed by atoms with Gasteiger partial charge in [-0.15, -0.1) is 0 Å². The van der Waals surface area contributed by atoms with Gasteiger partial charge in [-0.1, -0.05) is 17.7 Å². The molecule has 0 atom stereocenters. The molecule has 0 bridgehead atoms. The molecule has 0 aliphatic carbocycles. The molecule has 8 heteroatoms. The third-order valence-electron chi connectivity index (χ3n) is 2.64. The average molecular weight is 394 g/mol. The second kappa shape index (κ2) is 6.31. The molecule has 0 aliphatic heterocycles. The topological polar surface area (TPSA) is 72.2 Å². The van der Waals surface area contributed by atoms with Crippen molar-refractivity contribution in [3.05, 3.63) is 57.3 Å². The number of hydrogen-bond acceptors (Lipinski definition) is 3. The summed E-state index contributed by atoms with van der Waals surface area (Å²) in [6.45, 7) is 0.297. The van der Waals surface area contributed by atoms with Gasteiger partial charge in [-0.2, -0.15) is 0 Å². The van der Waals surface area contributed by atoms with Gasteiger partial charge >= 0.3 is 0 Å². The van der Waals surface area contributed by atoms with Gasteiger partial charge in [0.15, 0.2) is 0 Å². The van der Waals surface area contributed by atoms with E-state index in [0.29, 0.717) is 11.0 Å². The first kappa shape index (κ1) is 16.2. The Morgan fingerprint density at radius 1 is 1.24 bits per heavy atom. The molecule has 0 radical (unpaired) electrons. The molecule has 0 spiro atoms. The van der Waals surface area contributed by atoms with Crippen LogP contribution in [0.4, 0.5) is 10.1 Å². The minimum Gasteiger partial charge on any atom is -0.326 e. The maximum absolute atomic E-state index is 13.2. The quantitative estimate of drug-likeness (QED) is 0.835. The summed E-state index contributed by atoms with van der Waals surface area (Å²) in [6.07, 6.45) is 0. The predicted molar refractivity (Wildman–Crippen MR) is 84.3 cm³/mol. The van der Waals surface area contributed by atoms with Crippen molar-refractivity contribution in [2.45, 2.75) is 11.4 Å². The number of rotatable bonds is 4. The maximum atomic E-state index is 13.2. The number of sulfonamides is 1. The molecule has 0 aliphatic rings. The summed E-state index contributed by atoms with van der Waals surface area (Å²) in [4.78, 5) is 0.0279. The fourth-order valence-electron chi connectivity index (χ4n) is 1.71. The van der Waals surface area contributed by atoms with Gasteiger partial charge in [-0.05, 0) is 51.8 Å². The second-order valence-corrected chi connectivity index (χ2v) is 7.17. The Bertz CT molecular complexity index is 763. The summed E-state index contributed by atoms with van der Waals surface area (Å²) in [7, 11) is -3.87. The second-order valence-electron chi connectivity index (χ2n) is 4.23. The third-order valence-corrected chi connectivity index (χ3v) is 5.21. The van der Waals surface area contributed by atoms with Gasteiger partial charge in [-0.25, -0.2) is 12.8 Å². The molecular weight excluding hydrogens is 383 g/mol. The van der Waals surface area contributed by atoms with Crippen molar-refractivity contribution in [2.75, 3.05) is 4.72 Å². The van der Waals surface area contributed by atoms with Crippen molar-refractivity contribution < 1.29 is 12.8 Å². The number of nitrogens with two attached hydrogens (primary N) is 1. The summed E-state index contributed by atoms with van der Waals surface area (Å²) in [5, 5.41) is 0.102. The molecular formula is C13H11BrClFN2O2S. The smallest absolute Gasteiger partial charge is 0.263 e. The SMILES string of the molecule is NCc1ccc(S(=O)(=O)Nc2cc(F)cc(Cl)c2)c(Br)c1. The number of nitrogens with one attached hydrogen (secondary N) is 1. The van der Waals surface area contributed by atoms with E-state index < -0.39 is 15.8 Å². The molecule has 2 aromatic carbocycles. The van der Waals surface area contributed by atoms with Crippen molar-refractivity contribution in [1.82, 2.24) is 0 Å². The van der Waals surface area contributed by atoms with E-state index in [-0.39, 0.29) is 15.6 Å². The van der Waals surface area contributed by atoms with Gasteiger partial charge in [0.2, 0.25) is 0 Å². The van der Waals surface area contributed by atoms with Gasteiger partial charge in [0.1, 0.15) is 10.7 Å². The lowest BCUT2D eigenvalue weighted by atomic mass is 10.2. The normalized spacial score (nSPS) is 11.4. The number of anilines is 1. The Balaban J connectivity index is 2.38. The summed E-state index contributed by atoms with van der Waals surface area (Å²) in [5.74, 6) is -0.627. The zero-order valence-electron chi connectivity index (χ0n) is 10.6. The van der Waals surface area contributed by atoms with Crippen LogP contribution in [0.25, 0.3) is 0 Å². The highest BCUT2D eigenvalue weighted by Gasteiger charge is 2.18. The van der Waals surface area contributed by atoms with Crippen LogP contribution in [-0.4, -0.2) is 8.42 Å². The fraction of sp³-hybridized carbons (Fsp3) is 0.0769. The molecule has 0 heterocycles. The van der Waals surface area contributed by atoms with E-state index in [1.807, 2.05) is 0 Å². The first-order chi connectivity index (χ1) is 9.81. The van der Waals surface area contributed by atoms with Crippen LogP contribution in [-0.2, 0) is 16.6 Å². The van der Waals surface area contributed by atoms with Crippen LogP contribution in [0.2, 0.25) is 5.02 Å². The van der Waals surface area contributed by atoms with Gasteiger partial charge in [0.05, 0.1) is 5.69 Å². The van der Waals surface area contributed by atoms with E-state index in [9.17, 15) is 12.8 Å². The van der Waals surface area contributed by atoms with Crippen molar-refractivity contribution in [1.29, 1.82) is 0 Å². The Morgan fingerprint density at radius 3 is 2.52 bits per heavy atom. The number of halogens is 3. The molecule has 2 aromatic rings. The van der Waals surface area contributed by atoms with Crippen molar-refractivity contribution in [2.24, 2.45) is 5.73 Å². The van der Waals surface area contributed by atoms with Gasteiger partial charge < -0.3 is 5.73 Å². The maximum Gasteiger partial charge on any atom is 0.263 e. The highest BCUT2D eigenvalue weighted by atomic mass is 79.9. The minimum atomic E-state index is -3.87. The van der Waals surface area contributed by atoms with Crippen molar-refractivity contribution in [3.8, 4) is 0 Å². The third kappa shape index (κ3) is 3.94. The van der Waals surface area contributed by atoms with Gasteiger partial charge in [0, 0.05) is 16.0 Å². The van der Waals surface area contributed by atoms with Crippen LogP contribution >= 0.6 is 27.5 Å². The molecule has 2 rings (SSSR count). The molecule has 4 nitrogen and oxygen atoms in total. The predicted octanol–water partition coefficient (Wildman–Crippen LogP) is 3.50. The minimum absolute atomic E-state index is 0.0279. The van der Waals surface area contributed by atoms with E-state index >= 15 is 0 Å². The van der Waals surface area contributed by atoms with Crippen LogP contribution < -0.4 is 10.5 Å². The van der Waals surface area contributed by atoms with Crippen molar-refractivity contribution in [3.63, 3.8) is 0 Å². The molecule has 112 valence electrons. The average Bonchev–Trinajstić information content (AvgIpc) is 2.36. The van der Waals surface area contributed by atoms with Gasteiger partial charge in [0.25, 0.3) is 10.0 Å². The molecule has 21 heavy (non-hydrogen) atoms. The monoisotopic (exact) mass is 392 g/mol. The highest BCUT2D eigenvalue weighted by Crippen LogP contribution is 2.26. The summed E-state index contributed by atoms with van der Waals surface area (Å²) >= 11 is 8.89. The largest absolute Gasteiger partial charge is 0.326 e. The Hall–Kier alpha value is -1.15. The standard InChI is InChI=1S/C13H11BrClFN2O2S/c14-12-3-8(7-17)1-2-13(12)21(19,20)18-11-5-9(15)4-10(16)6-11/h1-6,18H,7,17H2. The van der Waals surface area contributed by atoms with Crippen molar-refractivity contribution >= 4 is 43.2 Å². The summed E-state index contributed by atoms with van der Waals surface area (Å²) in [6, 6.07) is 8.11. The zero-order valence-corrected chi connectivity index (χ0v) is 13.8. The van der Waals surface area contributed by atoms with Crippen LogP contribution in [0.5, 0.6) is 0 Å². The summed E-state index contributed by atoms with van der Waals surface area (Å²) in [5.41, 5.74) is 6.33. The summed E-state index contributed by atoms with van der Waals surface area (Å²) < 4.78 is 40.5. The van der Waals surface area contributed by atoms with Gasteiger partial charge in [-0.3, -0.25) is 4.72 Å². The van der Waals surface area contributed by atoms with E-state index in [1.165, 1.54) is 12.1 Å². The molecule has 0 aromatic heterocycles. The first-order valence-corrected chi connectivity index (χ1v) is 8.44. The molecule has 0 saturated carbocycles. The highest BCUT2D eigenvalue weighted by molar-refractivity contribution is 9.10. The fourth-order valence-corrected chi connectivity index (χ4v) is 4.10. The Morgan fingerprint density at radius 2 is 1.95 bits per heavy atom. The molecule has 0 amide bonds. The van der Waals surface area contributed by atoms with E-state index in [1.54, 1.807) is 12.1 Å². The van der Waals surface area contributed by atoms with E-state index in [4.69, 9.17) is 17.3 Å². The van der Waals surface area contributed by atoms with Crippen LogP contribution in [0, 0.1) is 5.82 Å².